The number of para-hydroxylation sites is 1. The number of methoxy groups -OCH3 is 1. The van der Waals surface area contributed by atoms with Crippen molar-refractivity contribution in [3.8, 4) is 16.3 Å². The summed E-state index contributed by atoms with van der Waals surface area (Å²) in [4.78, 5) is 21.6. The lowest BCUT2D eigenvalue weighted by Gasteiger charge is -2.30. The van der Waals surface area contributed by atoms with Crippen molar-refractivity contribution in [2.24, 2.45) is 0 Å². The third kappa shape index (κ3) is 5.07. The van der Waals surface area contributed by atoms with Crippen LogP contribution in [0.5, 0.6) is 5.75 Å². The minimum absolute atomic E-state index is 0.0692. The number of hydrogen-bond acceptors (Lipinski definition) is 5. The van der Waals surface area contributed by atoms with Gasteiger partial charge >= 0.3 is 0 Å². The molecule has 1 atom stereocenters. The van der Waals surface area contributed by atoms with Gasteiger partial charge in [-0.05, 0) is 54.4 Å². The Kier molecular flexibility index (Phi) is 7.37. The summed E-state index contributed by atoms with van der Waals surface area (Å²) in [7, 11) is 1.67. The molecule has 170 valence electrons. The van der Waals surface area contributed by atoms with Gasteiger partial charge in [0.15, 0.2) is 0 Å². The minimum atomic E-state index is -0.0860. The van der Waals surface area contributed by atoms with Crippen molar-refractivity contribution in [1.82, 2.24) is 15.2 Å². The molecule has 1 N–H and O–H groups in total. The fourth-order valence-corrected chi connectivity index (χ4v) is 4.83. The molecule has 0 aliphatic heterocycles. The molecule has 4 rings (SSSR count). The summed E-state index contributed by atoms with van der Waals surface area (Å²) in [6, 6.07) is 21.9. The van der Waals surface area contributed by atoms with E-state index in [1.807, 2.05) is 60.0 Å². The van der Waals surface area contributed by atoms with Gasteiger partial charge in [0, 0.05) is 11.9 Å². The Morgan fingerprint density at radius 3 is 2.48 bits per heavy atom. The van der Waals surface area contributed by atoms with E-state index in [0.717, 1.165) is 45.9 Å². The van der Waals surface area contributed by atoms with Gasteiger partial charge in [0.25, 0.3) is 5.91 Å². The normalized spacial score (nSPS) is 12.1. The van der Waals surface area contributed by atoms with Crippen LogP contribution in [0, 0.1) is 0 Å². The Labute approximate surface area is 199 Å². The number of nitrogens with one attached hydrogen (secondary N) is 1. The molecule has 0 spiro atoms. The molecule has 2 aromatic heterocycles. The molecule has 33 heavy (non-hydrogen) atoms. The van der Waals surface area contributed by atoms with Crippen LogP contribution in [0.1, 0.15) is 35.8 Å². The van der Waals surface area contributed by atoms with E-state index in [-0.39, 0.29) is 11.9 Å². The third-order valence-electron chi connectivity index (χ3n) is 5.94. The van der Waals surface area contributed by atoms with Gasteiger partial charge in [0.1, 0.15) is 5.75 Å². The second kappa shape index (κ2) is 10.6. The number of pyridine rings is 1. The maximum absolute atomic E-state index is 13.4. The summed E-state index contributed by atoms with van der Waals surface area (Å²) in [5.74, 6) is 0.738. The summed E-state index contributed by atoms with van der Waals surface area (Å²) < 4.78 is 5.31. The molecule has 1 unspecified atom stereocenters. The van der Waals surface area contributed by atoms with E-state index >= 15 is 0 Å². The average molecular weight is 460 g/mol. The first-order valence-corrected chi connectivity index (χ1v) is 12.1. The summed E-state index contributed by atoms with van der Waals surface area (Å²) in [5.41, 5.74) is 3.45. The van der Waals surface area contributed by atoms with E-state index in [2.05, 4.69) is 36.2 Å². The number of thiophene rings is 1. The minimum Gasteiger partial charge on any atom is -0.497 e. The fraction of sp³-hybridized carbons (Fsp3) is 0.259. The molecule has 5 nitrogen and oxygen atoms in total. The molecular weight excluding hydrogens is 430 g/mol. The van der Waals surface area contributed by atoms with Crippen molar-refractivity contribution in [3.63, 3.8) is 0 Å². The van der Waals surface area contributed by atoms with Gasteiger partial charge in [-0.1, -0.05) is 50.2 Å². The van der Waals surface area contributed by atoms with Crippen molar-refractivity contribution in [3.05, 3.63) is 83.2 Å². The van der Waals surface area contributed by atoms with Crippen LogP contribution in [0.4, 0.5) is 0 Å². The molecule has 0 saturated carbocycles. The maximum Gasteiger partial charge on any atom is 0.252 e. The highest BCUT2D eigenvalue weighted by Crippen LogP contribution is 2.28. The van der Waals surface area contributed by atoms with Crippen molar-refractivity contribution in [1.29, 1.82) is 0 Å². The number of hydrogen-bond donors (Lipinski definition) is 1. The number of carbonyl (C=O) groups excluding carboxylic acids is 1. The number of amides is 1. The van der Waals surface area contributed by atoms with Crippen LogP contribution in [-0.2, 0) is 0 Å². The van der Waals surface area contributed by atoms with Crippen LogP contribution in [-0.4, -0.2) is 42.5 Å². The number of ether oxygens (including phenoxy) is 1. The van der Waals surface area contributed by atoms with Crippen LogP contribution in [0.3, 0.4) is 0 Å². The molecule has 0 fully saturated rings. The van der Waals surface area contributed by atoms with Gasteiger partial charge in [0.05, 0.1) is 34.8 Å². The predicted octanol–water partition coefficient (Wildman–Crippen LogP) is 5.78. The van der Waals surface area contributed by atoms with Crippen molar-refractivity contribution < 1.29 is 9.53 Å². The Balaban J connectivity index is 1.63. The molecule has 4 aromatic rings. The quantitative estimate of drug-likeness (QED) is 0.344. The molecule has 0 aliphatic rings. The highest BCUT2D eigenvalue weighted by atomic mass is 32.1. The number of likely N-dealkylation sites (N-methyl/N-ethyl adjacent to an activating group) is 1. The van der Waals surface area contributed by atoms with E-state index in [0.29, 0.717) is 12.1 Å². The van der Waals surface area contributed by atoms with Crippen molar-refractivity contribution in [2.75, 3.05) is 26.7 Å². The predicted molar refractivity (Wildman–Crippen MR) is 136 cm³/mol. The summed E-state index contributed by atoms with van der Waals surface area (Å²) in [6.07, 6.45) is 0. The fourth-order valence-electron chi connectivity index (χ4n) is 4.15. The molecule has 2 aromatic carbocycles. The second-order valence-electron chi connectivity index (χ2n) is 7.77. The van der Waals surface area contributed by atoms with Crippen molar-refractivity contribution in [2.45, 2.75) is 19.9 Å². The summed E-state index contributed by atoms with van der Waals surface area (Å²) in [6.45, 7) is 6.59. The maximum atomic E-state index is 13.4. The van der Waals surface area contributed by atoms with E-state index in [1.165, 1.54) is 0 Å². The van der Waals surface area contributed by atoms with Gasteiger partial charge in [-0.2, -0.15) is 0 Å². The monoisotopic (exact) mass is 459 g/mol. The average Bonchev–Trinajstić information content (AvgIpc) is 3.41. The first-order chi connectivity index (χ1) is 16.1. The Hall–Kier alpha value is -3.22. The van der Waals surface area contributed by atoms with Crippen LogP contribution in [0.2, 0.25) is 0 Å². The molecule has 0 saturated heterocycles. The molecule has 0 bridgehead atoms. The zero-order valence-electron chi connectivity index (χ0n) is 19.2. The number of carbonyl (C=O) groups is 1. The molecule has 0 aliphatic carbocycles. The first kappa shape index (κ1) is 23.0. The molecular formula is C27H29N3O2S. The van der Waals surface area contributed by atoms with Gasteiger partial charge in [-0.15, -0.1) is 11.3 Å². The van der Waals surface area contributed by atoms with Crippen LogP contribution < -0.4 is 10.1 Å². The second-order valence-corrected chi connectivity index (χ2v) is 8.72. The lowest BCUT2D eigenvalue weighted by molar-refractivity contribution is 0.0936. The van der Waals surface area contributed by atoms with Crippen LogP contribution >= 0.6 is 11.3 Å². The van der Waals surface area contributed by atoms with E-state index in [9.17, 15) is 4.79 Å². The molecule has 0 radical (unpaired) electrons. The third-order valence-corrected chi connectivity index (χ3v) is 6.84. The number of aromatic nitrogens is 1. The Morgan fingerprint density at radius 1 is 1.06 bits per heavy atom. The van der Waals surface area contributed by atoms with Gasteiger partial charge < -0.3 is 10.1 Å². The molecule has 6 heteroatoms. The SMILES string of the molecule is CCN(CC)C(CNC(=O)c1cc(-c2cccs2)nc2ccccc12)c1ccc(OC)cc1. The van der Waals surface area contributed by atoms with Crippen LogP contribution in [0.15, 0.2) is 72.1 Å². The Bertz CT molecular complexity index is 1200. The highest BCUT2D eigenvalue weighted by molar-refractivity contribution is 7.13. The zero-order valence-corrected chi connectivity index (χ0v) is 20.1. The highest BCUT2D eigenvalue weighted by Gasteiger charge is 2.21. The largest absolute Gasteiger partial charge is 0.497 e. The van der Waals surface area contributed by atoms with E-state index < -0.39 is 0 Å². The lowest BCUT2D eigenvalue weighted by Crippen LogP contribution is -2.38. The number of nitrogens with zero attached hydrogens (tertiary/aromatic N) is 2. The molecule has 2 heterocycles. The van der Waals surface area contributed by atoms with E-state index in [1.54, 1.807) is 18.4 Å². The standard InChI is InChI=1S/C27H29N3O2S/c1-4-30(5-2)25(19-12-14-20(32-3)15-13-19)18-28-27(31)22-17-24(26-11-8-16-33-26)29-23-10-7-6-9-21(22)23/h6-17,25H,4-5,18H2,1-3H3,(H,28,31). The zero-order chi connectivity index (χ0) is 23.2. The van der Waals surface area contributed by atoms with Gasteiger partial charge in [-0.25, -0.2) is 4.98 Å². The number of rotatable bonds is 9. The smallest absolute Gasteiger partial charge is 0.252 e. The van der Waals surface area contributed by atoms with E-state index in [4.69, 9.17) is 9.72 Å². The van der Waals surface area contributed by atoms with Gasteiger partial charge in [-0.3, -0.25) is 9.69 Å². The van der Waals surface area contributed by atoms with Crippen LogP contribution in [0.25, 0.3) is 21.5 Å². The molecule has 1 amide bonds. The lowest BCUT2D eigenvalue weighted by atomic mass is 10.0. The number of benzene rings is 2. The van der Waals surface area contributed by atoms with Crippen molar-refractivity contribution >= 4 is 28.1 Å². The number of fused-ring (bicyclic) bond motifs is 1. The Morgan fingerprint density at radius 2 is 1.82 bits per heavy atom. The summed E-state index contributed by atoms with van der Waals surface area (Å²) >= 11 is 1.62. The first-order valence-electron chi connectivity index (χ1n) is 11.2. The van der Waals surface area contributed by atoms with Gasteiger partial charge in [0.2, 0.25) is 0 Å². The topological polar surface area (TPSA) is 54.5 Å². The summed E-state index contributed by atoms with van der Waals surface area (Å²) in [5, 5.41) is 6.09.